The van der Waals surface area contributed by atoms with Gasteiger partial charge in [0, 0.05) is 17.8 Å². The Kier molecular flexibility index (Phi) is 5.98. The topological polar surface area (TPSA) is 90.0 Å². The van der Waals surface area contributed by atoms with E-state index in [1.165, 1.54) is 4.57 Å². The maximum Gasteiger partial charge on any atom is 0.264 e. The summed E-state index contributed by atoms with van der Waals surface area (Å²) in [6.45, 7) is 5.94. The minimum atomic E-state index is -0.337. The number of carbonyl (C=O) groups excluding carboxylic acids is 1. The number of rotatable bonds is 6. The van der Waals surface area contributed by atoms with Crippen LogP contribution in [0.15, 0.2) is 70.0 Å². The SMILES string of the molecule is Cc1ccc(CNC(=O)Cn2c(C)cc(C)c(-c3nc(-c4ccccc4)no3)c2=O)cc1. The molecule has 0 saturated heterocycles. The predicted molar refractivity (Wildman–Crippen MR) is 122 cm³/mol. The summed E-state index contributed by atoms with van der Waals surface area (Å²) in [5.41, 5.74) is 4.32. The van der Waals surface area contributed by atoms with Crippen molar-refractivity contribution < 1.29 is 9.32 Å². The van der Waals surface area contributed by atoms with E-state index in [2.05, 4.69) is 15.5 Å². The molecule has 2 aromatic carbocycles. The molecule has 0 radical (unpaired) electrons. The molecule has 4 aromatic rings. The maximum absolute atomic E-state index is 13.3. The summed E-state index contributed by atoms with van der Waals surface area (Å²) in [4.78, 5) is 30.2. The van der Waals surface area contributed by atoms with Gasteiger partial charge in [-0.1, -0.05) is 65.3 Å². The fraction of sp³-hybridized carbons (Fsp3) is 0.200. The van der Waals surface area contributed by atoms with Crippen LogP contribution >= 0.6 is 0 Å². The number of aromatic nitrogens is 3. The second-order valence-corrected chi connectivity index (χ2v) is 7.79. The number of amides is 1. The Hall–Kier alpha value is -4.00. The van der Waals surface area contributed by atoms with E-state index in [1.54, 1.807) is 6.92 Å². The molecule has 2 aromatic heterocycles. The van der Waals surface area contributed by atoms with Gasteiger partial charge < -0.3 is 14.4 Å². The molecule has 0 fully saturated rings. The molecule has 1 N–H and O–H groups in total. The standard InChI is InChI=1S/C25H24N4O3/c1-16-9-11-19(12-10-16)14-26-21(30)15-29-18(3)13-17(2)22(25(29)31)24-27-23(28-32-24)20-7-5-4-6-8-20/h4-13H,14-15H2,1-3H3,(H,26,30). The third-order valence-electron chi connectivity index (χ3n) is 5.29. The number of benzene rings is 2. The smallest absolute Gasteiger partial charge is 0.264 e. The lowest BCUT2D eigenvalue weighted by molar-refractivity contribution is -0.121. The number of nitrogens with one attached hydrogen (secondary N) is 1. The molecule has 0 unspecified atom stereocenters. The van der Waals surface area contributed by atoms with E-state index < -0.39 is 0 Å². The zero-order valence-corrected chi connectivity index (χ0v) is 18.3. The molecule has 4 rings (SSSR count). The molecular weight excluding hydrogens is 404 g/mol. The van der Waals surface area contributed by atoms with Crippen molar-refractivity contribution in [3.8, 4) is 22.8 Å². The summed E-state index contributed by atoms with van der Waals surface area (Å²) in [5, 5.41) is 6.88. The van der Waals surface area contributed by atoms with Gasteiger partial charge in [-0.15, -0.1) is 0 Å². The Morgan fingerprint density at radius 3 is 2.47 bits per heavy atom. The number of hydrogen-bond donors (Lipinski definition) is 1. The van der Waals surface area contributed by atoms with Gasteiger partial charge in [-0.3, -0.25) is 9.59 Å². The summed E-state index contributed by atoms with van der Waals surface area (Å²) in [7, 11) is 0. The van der Waals surface area contributed by atoms with Crippen LogP contribution in [0.1, 0.15) is 22.4 Å². The highest BCUT2D eigenvalue weighted by Crippen LogP contribution is 2.22. The molecule has 7 nitrogen and oxygen atoms in total. The van der Waals surface area contributed by atoms with Crippen LogP contribution in [0.25, 0.3) is 22.8 Å². The lowest BCUT2D eigenvalue weighted by atomic mass is 10.1. The molecule has 32 heavy (non-hydrogen) atoms. The van der Waals surface area contributed by atoms with E-state index in [0.717, 1.165) is 16.7 Å². The molecule has 7 heteroatoms. The van der Waals surface area contributed by atoms with Crippen molar-refractivity contribution in [2.24, 2.45) is 0 Å². The third kappa shape index (κ3) is 4.51. The van der Waals surface area contributed by atoms with Gasteiger partial charge in [0.15, 0.2) is 0 Å². The lowest BCUT2D eigenvalue weighted by Crippen LogP contribution is -2.34. The fourth-order valence-corrected chi connectivity index (χ4v) is 3.52. The summed E-state index contributed by atoms with van der Waals surface area (Å²) >= 11 is 0. The molecule has 0 atom stereocenters. The molecule has 0 aliphatic rings. The molecule has 0 aliphatic carbocycles. The quantitative estimate of drug-likeness (QED) is 0.504. The Bertz CT molecular complexity index is 1310. The van der Waals surface area contributed by atoms with Crippen molar-refractivity contribution in [1.29, 1.82) is 0 Å². The van der Waals surface area contributed by atoms with Crippen molar-refractivity contribution in [2.75, 3.05) is 0 Å². The largest absolute Gasteiger partial charge is 0.350 e. The zero-order chi connectivity index (χ0) is 22.7. The highest BCUT2D eigenvalue weighted by Gasteiger charge is 2.20. The first-order chi connectivity index (χ1) is 15.4. The molecule has 0 aliphatic heterocycles. The van der Waals surface area contributed by atoms with E-state index in [-0.39, 0.29) is 23.9 Å². The van der Waals surface area contributed by atoms with Crippen molar-refractivity contribution in [3.63, 3.8) is 0 Å². The average molecular weight is 428 g/mol. The van der Waals surface area contributed by atoms with Crippen LogP contribution in [-0.2, 0) is 17.9 Å². The summed E-state index contributed by atoms with van der Waals surface area (Å²) in [5.74, 6) is 0.295. The van der Waals surface area contributed by atoms with E-state index in [0.29, 0.717) is 29.2 Å². The molecular formula is C25H24N4O3. The van der Waals surface area contributed by atoms with E-state index in [1.807, 2.05) is 74.5 Å². The van der Waals surface area contributed by atoms with Gasteiger partial charge >= 0.3 is 0 Å². The maximum atomic E-state index is 13.3. The van der Waals surface area contributed by atoms with Crippen LogP contribution in [0, 0.1) is 20.8 Å². The van der Waals surface area contributed by atoms with Gasteiger partial charge in [0.2, 0.25) is 11.7 Å². The van der Waals surface area contributed by atoms with Gasteiger partial charge in [0.1, 0.15) is 12.1 Å². The third-order valence-corrected chi connectivity index (χ3v) is 5.29. The molecule has 1 amide bonds. The number of nitrogens with zero attached hydrogens (tertiary/aromatic N) is 3. The molecule has 162 valence electrons. The minimum absolute atomic E-state index is 0.0938. The summed E-state index contributed by atoms with van der Waals surface area (Å²) in [6, 6.07) is 19.2. The molecule has 0 spiro atoms. The van der Waals surface area contributed by atoms with Gasteiger partial charge in [0.25, 0.3) is 11.4 Å². The van der Waals surface area contributed by atoms with Crippen molar-refractivity contribution in [3.05, 3.63) is 93.4 Å². The normalized spacial score (nSPS) is 10.8. The van der Waals surface area contributed by atoms with Crippen LogP contribution in [0.5, 0.6) is 0 Å². The second kappa shape index (κ2) is 9.01. The van der Waals surface area contributed by atoms with Crippen LogP contribution in [-0.4, -0.2) is 20.6 Å². The highest BCUT2D eigenvalue weighted by atomic mass is 16.5. The van der Waals surface area contributed by atoms with Gasteiger partial charge in [-0.25, -0.2) is 0 Å². The van der Waals surface area contributed by atoms with Gasteiger partial charge in [-0.05, 0) is 38.0 Å². The van der Waals surface area contributed by atoms with E-state index >= 15 is 0 Å². The first-order valence-corrected chi connectivity index (χ1v) is 10.3. The minimum Gasteiger partial charge on any atom is -0.350 e. The van der Waals surface area contributed by atoms with Crippen molar-refractivity contribution in [1.82, 2.24) is 20.0 Å². The van der Waals surface area contributed by atoms with Crippen LogP contribution in [0.4, 0.5) is 0 Å². The molecule has 0 bridgehead atoms. The number of hydrogen-bond acceptors (Lipinski definition) is 5. The number of aryl methyl sites for hydroxylation is 3. The average Bonchev–Trinajstić information content (AvgIpc) is 3.26. The Labute approximate surface area is 185 Å². The number of pyridine rings is 1. The number of carbonyl (C=O) groups is 1. The van der Waals surface area contributed by atoms with Crippen LogP contribution in [0.3, 0.4) is 0 Å². The van der Waals surface area contributed by atoms with Crippen molar-refractivity contribution >= 4 is 5.91 Å². The predicted octanol–water partition coefficient (Wildman–Crippen LogP) is 3.81. The Morgan fingerprint density at radius 1 is 1.03 bits per heavy atom. The highest BCUT2D eigenvalue weighted by molar-refractivity contribution is 5.76. The monoisotopic (exact) mass is 428 g/mol. The summed E-state index contributed by atoms with van der Waals surface area (Å²) in [6.07, 6.45) is 0. The van der Waals surface area contributed by atoms with E-state index in [4.69, 9.17) is 4.52 Å². The van der Waals surface area contributed by atoms with Crippen molar-refractivity contribution in [2.45, 2.75) is 33.9 Å². The van der Waals surface area contributed by atoms with E-state index in [9.17, 15) is 9.59 Å². The van der Waals surface area contributed by atoms with Gasteiger partial charge in [-0.2, -0.15) is 4.98 Å². The van der Waals surface area contributed by atoms with Crippen LogP contribution < -0.4 is 10.9 Å². The van der Waals surface area contributed by atoms with Crippen LogP contribution in [0.2, 0.25) is 0 Å². The zero-order valence-electron chi connectivity index (χ0n) is 18.3. The first-order valence-electron chi connectivity index (χ1n) is 10.3. The second-order valence-electron chi connectivity index (χ2n) is 7.79. The Balaban J connectivity index is 1.57. The Morgan fingerprint density at radius 2 is 1.75 bits per heavy atom. The fourth-order valence-electron chi connectivity index (χ4n) is 3.52. The summed E-state index contributed by atoms with van der Waals surface area (Å²) < 4.78 is 6.84. The first kappa shape index (κ1) is 21.2. The van der Waals surface area contributed by atoms with Gasteiger partial charge in [0.05, 0.1) is 0 Å². The lowest BCUT2D eigenvalue weighted by Gasteiger charge is -2.13. The molecule has 0 saturated carbocycles. The molecule has 2 heterocycles.